The minimum atomic E-state index is -1.05. The van der Waals surface area contributed by atoms with E-state index in [1.54, 1.807) is 42.2 Å². The summed E-state index contributed by atoms with van der Waals surface area (Å²) in [6, 6.07) is 7.91. The summed E-state index contributed by atoms with van der Waals surface area (Å²) in [4.78, 5) is 17.6. The third kappa shape index (κ3) is 4.02. The van der Waals surface area contributed by atoms with Crippen LogP contribution in [0.3, 0.4) is 0 Å². The van der Waals surface area contributed by atoms with Crippen LogP contribution in [-0.4, -0.2) is 33.2 Å². The summed E-state index contributed by atoms with van der Waals surface area (Å²) in [7, 11) is 1.68. The van der Waals surface area contributed by atoms with E-state index < -0.39 is 29.7 Å². The molecule has 1 aromatic carbocycles. The van der Waals surface area contributed by atoms with E-state index >= 15 is 0 Å². The quantitative estimate of drug-likeness (QED) is 0.550. The predicted octanol–water partition coefficient (Wildman–Crippen LogP) is 3.04. The lowest BCUT2D eigenvalue weighted by atomic mass is 10.1. The molecule has 0 saturated heterocycles. The molecule has 3 N–H and O–H groups in total. The number of aryl methyl sites for hydroxylation is 1. The summed E-state index contributed by atoms with van der Waals surface area (Å²) in [5.41, 5.74) is 0.844. The minimum Gasteiger partial charge on any atom is -0.488 e. The second-order valence-corrected chi connectivity index (χ2v) is 7.58. The molecule has 0 radical (unpaired) electrons. The van der Waals surface area contributed by atoms with E-state index in [4.69, 9.17) is 4.74 Å². The summed E-state index contributed by atoms with van der Waals surface area (Å²) in [5.74, 6) is -2.25. The number of anilines is 1. The highest BCUT2D eigenvalue weighted by atomic mass is 32.2. The zero-order chi connectivity index (χ0) is 21.3. The molecule has 0 saturated carbocycles. The van der Waals surface area contributed by atoms with Gasteiger partial charge in [-0.2, -0.15) is 0 Å². The van der Waals surface area contributed by atoms with Crippen LogP contribution in [0, 0.1) is 11.6 Å². The second kappa shape index (κ2) is 8.42. The Morgan fingerprint density at radius 3 is 2.93 bits per heavy atom. The highest BCUT2D eigenvalue weighted by molar-refractivity contribution is 7.97. The first-order valence-corrected chi connectivity index (χ1v) is 9.85. The van der Waals surface area contributed by atoms with Gasteiger partial charge in [0, 0.05) is 31.2 Å². The van der Waals surface area contributed by atoms with Crippen molar-refractivity contribution in [3.63, 3.8) is 0 Å². The van der Waals surface area contributed by atoms with Crippen molar-refractivity contribution in [3.8, 4) is 5.75 Å². The molecule has 0 aliphatic carbocycles. The van der Waals surface area contributed by atoms with Crippen molar-refractivity contribution >= 4 is 23.5 Å². The molecule has 3 heterocycles. The molecule has 2 unspecified atom stereocenters. The molecular formula is C20H18F2N4O3S. The van der Waals surface area contributed by atoms with Crippen molar-refractivity contribution in [2.24, 2.45) is 7.05 Å². The molecular weight excluding hydrogens is 414 g/mol. The Bertz CT molecular complexity index is 1080. The van der Waals surface area contributed by atoms with E-state index in [-0.39, 0.29) is 18.0 Å². The van der Waals surface area contributed by atoms with Crippen LogP contribution in [0.4, 0.5) is 14.5 Å². The lowest BCUT2D eigenvalue weighted by Gasteiger charge is -2.21. The third-order valence-electron chi connectivity index (χ3n) is 4.59. The molecule has 1 amide bonds. The number of hydrogen-bond donors (Lipinski definition) is 3. The van der Waals surface area contributed by atoms with Crippen LogP contribution in [0.15, 0.2) is 53.7 Å². The zero-order valence-corrected chi connectivity index (χ0v) is 16.6. The van der Waals surface area contributed by atoms with Gasteiger partial charge in [0.2, 0.25) is 0 Å². The minimum absolute atomic E-state index is 0.0905. The van der Waals surface area contributed by atoms with Gasteiger partial charge in [-0.1, -0.05) is 6.07 Å². The average Bonchev–Trinajstić information content (AvgIpc) is 2.92. The van der Waals surface area contributed by atoms with Crippen molar-refractivity contribution < 1.29 is 23.4 Å². The molecule has 0 fully saturated rings. The molecule has 2 atom stereocenters. The standard InChI is InChI=1S/C20H18F2N4O3S/c1-26-9-16-19(17(26)20(28)24-11-5-6-12(21)13(22)8-11)29-10-15(25-30-16)18(27)14-4-2-3-7-23-14/h2-9,15,18,25,27H,10H2,1H3,(H,24,28). The maximum absolute atomic E-state index is 13.4. The second-order valence-electron chi connectivity index (χ2n) is 6.70. The number of nitrogens with zero attached hydrogens (tertiary/aromatic N) is 2. The fraction of sp³-hybridized carbons (Fsp3) is 0.200. The molecule has 7 nitrogen and oxygen atoms in total. The first-order valence-electron chi connectivity index (χ1n) is 9.04. The average molecular weight is 432 g/mol. The summed E-state index contributed by atoms with van der Waals surface area (Å²) < 4.78 is 37.2. The van der Waals surface area contributed by atoms with E-state index in [9.17, 15) is 18.7 Å². The van der Waals surface area contributed by atoms with Gasteiger partial charge in [-0.15, -0.1) is 0 Å². The molecule has 0 spiro atoms. The number of pyridine rings is 1. The van der Waals surface area contributed by atoms with Crippen LogP contribution in [0.2, 0.25) is 0 Å². The maximum Gasteiger partial charge on any atom is 0.276 e. The van der Waals surface area contributed by atoms with E-state index in [0.29, 0.717) is 16.3 Å². The molecule has 156 valence electrons. The number of fused-ring (bicyclic) bond motifs is 1. The monoisotopic (exact) mass is 432 g/mol. The van der Waals surface area contributed by atoms with E-state index in [1.807, 2.05) is 0 Å². The number of aliphatic hydroxyl groups excluding tert-OH is 1. The highest BCUT2D eigenvalue weighted by Gasteiger charge is 2.30. The number of amides is 1. The number of aliphatic hydroxyl groups is 1. The summed E-state index contributed by atoms with van der Waals surface area (Å²) in [6.07, 6.45) is 2.40. The van der Waals surface area contributed by atoms with Gasteiger partial charge in [0.15, 0.2) is 23.1 Å². The Balaban J connectivity index is 1.53. The number of carbonyl (C=O) groups is 1. The zero-order valence-electron chi connectivity index (χ0n) is 15.8. The maximum atomic E-state index is 13.4. The fourth-order valence-electron chi connectivity index (χ4n) is 3.07. The van der Waals surface area contributed by atoms with E-state index in [0.717, 1.165) is 12.1 Å². The van der Waals surface area contributed by atoms with Gasteiger partial charge < -0.3 is 19.7 Å². The molecule has 2 aromatic heterocycles. The number of hydrogen-bond acceptors (Lipinski definition) is 6. The smallest absolute Gasteiger partial charge is 0.276 e. The van der Waals surface area contributed by atoms with E-state index in [1.165, 1.54) is 18.0 Å². The molecule has 30 heavy (non-hydrogen) atoms. The molecule has 1 aliphatic heterocycles. The van der Waals surface area contributed by atoms with Crippen LogP contribution >= 0.6 is 11.9 Å². The predicted molar refractivity (Wildman–Crippen MR) is 107 cm³/mol. The van der Waals surface area contributed by atoms with E-state index in [2.05, 4.69) is 15.0 Å². The summed E-state index contributed by atoms with van der Waals surface area (Å²) in [6.45, 7) is 0.0905. The number of ether oxygens (including phenoxy) is 1. The van der Waals surface area contributed by atoms with Crippen molar-refractivity contribution in [2.45, 2.75) is 17.0 Å². The number of aromatic nitrogens is 2. The SMILES string of the molecule is Cn1cc2c(c1C(=O)Nc1ccc(F)c(F)c1)OCC(C(O)c1ccccn1)NS2. The van der Waals surface area contributed by atoms with Gasteiger partial charge in [-0.3, -0.25) is 14.5 Å². The topological polar surface area (TPSA) is 88.4 Å². The normalized spacial score (nSPS) is 16.9. The number of rotatable bonds is 4. The first kappa shape index (κ1) is 20.3. The van der Waals surface area contributed by atoms with Gasteiger partial charge in [-0.05, 0) is 36.2 Å². The largest absolute Gasteiger partial charge is 0.488 e. The van der Waals surface area contributed by atoms with Crippen LogP contribution < -0.4 is 14.8 Å². The van der Waals surface area contributed by atoms with Crippen LogP contribution in [0.1, 0.15) is 22.3 Å². The fourth-order valence-corrected chi connectivity index (χ4v) is 4.01. The number of halogens is 2. The van der Waals surface area contributed by atoms with Gasteiger partial charge in [0.1, 0.15) is 12.7 Å². The van der Waals surface area contributed by atoms with Crippen LogP contribution in [-0.2, 0) is 7.05 Å². The Hall–Kier alpha value is -2.95. The Morgan fingerprint density at radius 2 is 2.20 bits per heavy atom. The summed E-state index contributed by atoms with van der Waals surface area (Å²) in [5, 5.41) is 13.1. The number of nitrogens with one attached hydrogen (secondary N) is 2. The Kier molecular flexibility index (Phi) is 5.71. The van der Waals surface area contributed by atoms with Crippen molar-refractivity contribution in [2.75, 3.05) is 11.9 Å². The number of benzene rings is 1. The highest BCUT2D eigenvalue weighted by Crippen LogP contribution is 2.37. The Labute approximate surface area is 175 Å². The molecule has 3 aromatic rings. The third-order valence-corrected chi connectivity index (χ3v) is 5.53. The van der Waals surface area contributed by atoms with Gasteiger partial charge in [0.25, 0.3) is 5.91 Å². The van der Waals surface area contributed by atoms with Crippen LogP contribution in [0.5, 0.6) is 5.75 Å². The molecule has 10 heteroatoms. The van der Waals surface area contributed by atoms with Gasteiger partial charge in [-0.25, -0.2) is 8.78 Å². The summed E-state index contributed by atoms with van der Waals surface area (Å²) >= 11 is 1.23. The van der Waals surface area contributed by atoms with Crippen molar-refractivity contribution in [1.82, 2.24) is 14.3 Å². The van der Waals surface area contributed by atoms with Crippen LogP contribution in [0.25, 0.3) is 0 Å². The molecule has 0 bridgehead atoms. The number of carbonyl (C=O) groups excluding carboxylic acids is 1. The molecule has 4 rings (SSSR count). The first-order chi connectivity index (χ1) is 14.4. The van der Waals surface area contributed by atoms with Crippen molar-refractivity contribution in [1.29, 1.82) is 0 Å². The Morgan fingerprint density at radius 1 is 1.37 bits per heavy atom. The van der Waals surface area contributed by atoms with Gasteiger partial charge in [0.05, 0.1) is 16.6 Å². The lowest BCUT2D eigenvalue weighted by molar-refractivity contribution is 0.0993. The molecule has 1 aliphatic rings. The van der Waals surface area contributed by atoms with Gasteiger partial charge >= 0.3 is 0 Å². The van der Waals surface area contributed by atoms with Crippen molar-refractivity contribution in [3.05, 3.63) is 71.8 Å². The lowest BCUT2D eigenvalue weighted by Crippen LogP contribution is -2.35.